The fourth-order valence-corrected chi connectivity index (χ4v) is 4.31. The van der Waals surface area contributed by atoms with Gasteiger partial charge >= 0.3 is 0 Å². The number of benzene rings is 3. The van der Waals surface area contributed by atoms with Crippen LogP contribution < -0.4 is 10.6 Å². The molecule has 3 rings (SSSR count). The lowest BCUT2D eigenvalue weighted by molar-refractivity contribution is 0.403. The molecule has 0 radical (unpaired) electrons. The van der Waals surface area contributed by atoms with E-state index in [4.69, 9.17) is 0 Å². The van der Waals surface area contributed by atoms with Crippen molar-refractivity contribution in [1.82, 2.24) is 4.90 Å². The number of aryl methyl sites for hydroxylation is 1. The van der Waals surface area contributed by atoms with Crippen molar-refractivity contribution < 1.29 is 5.11 Å². The number of para-hydroxylation sites is 1. The average Bonchev–Trinajstić information content (AvgIpc) is 2.60. The Hall–Kier alpha value is -2.15. The molecule has 0 saturated carbocycles. The molecule has 1 atom stereocenters. The van der Waals surface area contributed by atoms with Crippen molar-refractivity contribution in [2.75, 3.05) is 14.1 Å². The Morgan fingerprint density at radius 1 is 0.880 bits per heavy atom. The molecule has 0 bridgehead atoms. The maximum absolute atomic E-state index is 10.9. The molecule has 25 heavy (non-hydrogen) atoms. The highest BCUT2D eigenvalue weighted by atomic mass is 31.1. The minimum atomic E-state index is 0.395. The molecule has 1 unspecified atom stereocenters. The summed E-state index contributed by atoms with van der Waals surface area (Å²) < 4.78 is 0. The third kappa shape index (κ3) is 4.10. The van der Waals surface area contributed by atoms with Crippen molar-refractivity contribution in [1.29, 1.82) is 0 Å². The van der Waals surface area contributed by atoms with Crippen molar-refractivity contribution in [2.45, 2.75) is 13.5 Å². The van der Waals surface area contributed by atoms with Crippen LogP contribution in [0.3, 0.4) is 0 Å². The molecule has 0 aromatic heterocycles. The molecule has 2 nitrogen and oxygen atoms in total. The summed E-state index contributed by atoms with van der Waals surface area (Å²) in [5, 5.41) is 13.2. The zero-order valence-electron chi connectivity index (χ0n) is 15.0. The second-order valence-corrected chi connectivity index (χ2v) is 7.83. The lowest BCUT2D eigenvalue weighted by Crippen LogP contribution is -2.19. The molecule has 0 aliphatic rings. The molecule has 0 amide bonds. The van der Waals surface area contributed by atoms with Crippen molar-refractivity contribution in [2.24, 2.45) is 0 Å². The van der Waals surface area contributed by atoms with Gasteiger partial charge in [0.2, 0.25) is 0 Å². The number of aromatic hydroxyl groups is 1. The van der Waals surface area contributed by atoms with Crippen LogP contribution in [0.4, 0.5) is 0 Å². The monoisotopic (exact) mass is 349 g/mol. The van der Waals surface area contributed by atoms with Gasteiger partial charge in [0.1, 0.15) is 5.75 Å². The maximum atomic E-state index is 10.9. The summed E-state index contributed by atoms with van der Waals surface area (Å²) >= 11 is 0. The lowest BCUT2D eigenvalue weighted by Gasteiger charge is -2.17. The van der Waals surface area contributed by atoms with E-state index in [-0.39, 0.29) is 0 Å². The Labute approximate surface area is 151 Å². The average molecular weight is 349 g/mol. The number of rotatable bonds is 5. The van der Waals surface area contributed by atoms with E-state index in [1.165, 1.54) is 16.4 Å². The van der Waals surface area contributed by atoms with Gasteiger partial charge in [-0.15, -0.1) is 0 Å². The fraction of sp³-hybridized carbons (Fsp3) is 0.182. The summed E-state index contributed by atoms with van der Waals surface area (Å²) in [5.41, 5.74) is 4.55. The Balaban J connectivity index is 2.00. The summed E-state index contributed by atoms with van der Waals surface area (Å²) in [6.45, 7) is 3.06. The number of phenols is 1. The van der Waals surface area contributed by atoms with Crippen LogP contribution in [0.2, 0.25) is 0 Å². The molecule has 0 spiro atoms. The molecule has 0 aliphatic carbocycles. The normalized spacial score (nSPS) is 11.5. The second kappa shape index (κ2) is 7.82. The van der Waals surface area contributed by atoms with E-state index in [1.807, 2.05) is 48.5 Å². The highest BCUT2D eigenvalue weighted by Gasteiger charge is 2.13. The highest BCUT2D eigenvalue weighted by molar-refractivity contribution is 7.56. The first-order valence-corrected chi connectivity index (χ1v) is 9.44. The van der Waals surface area contributed by atoms with Gasteiger partial charge in [-0.05, 0) is 43.0 Å². The van der Waals surface area contributed by atoms with E-state index in [0.29, 0.717) is 14.3 Å². The van der Waals surface area contributed by atoms with Crippen molar-refractivity contribution in [3.63, 3.8) is 0 Å². The van der Waals surface area contributed by atoms with Gasteiger partial charge < -0.3 is 10.0 Å². The quantitative estimate of drug-likeness (QED) is 0.702. The summed E-state index contributed by atoms with van der Waals surface area (Å²) in [4.78, 5) is 2.18. The molecule has 0 fully saturated rings. The van der Waals surface area contributed by atoms with Gasteiger partial charge in [0.15, 0.2) is 0 Å². The van der Waals surface area contributed by atoms with Gasteiger partial charge in [0.25, 0.3) is 0 Å². The van der Waals surface area contributed by atoms with Gasteiger partial charge in [0.05, 0.1) is 0 Å². The number of phenolic OH excluding ortho intramolecular Hbond substituents is 1. The number of hydrogen-bond donors (Lipinski definition) is 1. The van der Waals surface area contributed by atoms with Crippen molar-refractivity contribution in [3.8, 4) is 16.9 Å². The highest BCUT2D eigenvalue weighted by Crippen LogP contribution is 2.31. The summed E-state index contributed by atoms with van der Waals surface area (Å²) in [7, 11) is 4.61. The number of nitrogens with zero attached hydrogens (tertiary/aromatic N) is 1. The van der Waals surface area contributed by atoms with E-state index in [1.54, 1.807) is 0 Å². The van der Waals surface area contributed by atoms with Crippen molar-refractivity contribution >= 4 is 19.2 Å². The SMILES string of the molecule is Cc1cccc(CN(C)C)c1Pc1cccc(-c2ccccc2)c1O. The maximum Gasteiger partial charge on any atom is 0.131 e. The largest absolute Gasteiger partial charge is 0.507 e. The Bertz CT molecular complexity index is 859. The molecule has 0 saturated heterocycles. The molecule has 0 heterocycles. The summed E-state index contributed by atoms with van der Waals surface area (Å²) in [6, 6.07) is 22.6. The van der Waals surface area contributed by atoms with Gasteiger partial charge in [0, 0.05) is 17.4 Å². The van der Waals surface area contributed by atoms with Crippen LogP contribution in [0.1, 0.15) is 11.1 Å². The van der Waals surface area contributed by atoms with E-state index in [9.17, 15) is 5.11 Å². The third-order valence-electron chi connectivity index (χ3n) is 4.23. The van der Waals surface area contributed by atoms with Crippen LogP contribution in [0, 0.1) is 6.92 Å². The van der Waals surface area contributed by atoms with E-state index >= 15 is 0 Å². The topological polar surface area (TPSA) is 23.5 Å². The summed E-state index contributed by atoms with van der Waals surface area (Å²) in [6.07, 6.45) is 0. The predicted octanol–water partition coefficient (Wildman–Crippen LogP) is 4.06. The molecule has 3 aromatic carbocycles. The fourth-order valence-electron chi connectivity index (χ4n) is 3.01. The second-order valence-electron chi connectivity index (χ2n) is 6.54. The van der Waals surface area contributed by atoms with Gasteiger partial charge in [-0.25, -0.2) is 0 Å². The van der Waals surface area contributed by atoms with Gasteiger partial charge in [-0.1, -0.05) is 75.3 Å². The van der Waals surface area contributed by atoms with E-state index < -0.39 is 0 Å². The first-order chi connectivity index (χ1) is 12.1. The minimum absolute atomic E-state index is 0.395. The standard InChI is InChI=1S/C22H24NOP/c1-16-9-7-12-18(15-23(2)3)22(16)25-20-14-8-13-19(21(20)24)17-10-5-4-6-11-17/h4-14,24-25H,15H2,1-3H3. The summed E-state index contributed by atoms with van der Waals surface area (Å²) in [5.74, 6) is 0.395. The lowest BCUT2D eigenvalue weighted by atomic mass is 10.1. The van der Waals surface area contributed by atoms with E-state index in [2.05, 4.69) is 44.1 Å². The van der Waals surface area contributed by atoms with Crippen molar-refractivity contribution in [3.05, 3.63) is 77.9 Å². The predicted molar refractivity (Wildman–Crippen MR) is 110 cm³/mol. The molecule has 0 aliphatic heterocycles. The zero-order chi connectivity index (χ0) is 17.8. The Kier molecular flexibility index (Phi) is 5.53. The molecular weight excluding hydrogens is 325 g/mol. The van der Waals surface area contributed by atoms with E-state index in [0.717, 1.165) is 23.0 Å². The number of hydrogen-bond acceptors (Lipinski definition) is 2. The van der Waals surface area contributed by atoms with Gasteiger partial charge in [-0.3, -0.25) is 0 Å². The zero-order valence-corrected chi connectivity index (χ0v) is 16.0. The molecule has 3 aromatic rings. The first-order valence-electron chi connectivity index (χ1n) is 8.44. The molecule has 1 N–H and O–H groups in total. The molecular formula is C22H24NOP. The molecule has 3 heteroatoms. The Morgan fingerprint density at radius 3 is 2.32 bits per heavy atom. The van der Waals surface area contributed by atoms with Crippen LogP contribution in [-0.4, -0.2) is 24.1 Å². The minimum Gasteiger partial charge on any atom is -0.507 e. The van der Waals surface area contributed by atoms with Crippen LogP contribution in [-0.2, 0) is 6.54 Å². The van der Waals surface area contributed by atoms with Crippen LogP contribution >= 0.6 is 8.58 Å². The first kappa shape index (κ1) is 17.7. The Morgan fingerprint density at radius 2 is 1.60 bits per heavy atom. The van der Waals surface area contributed by atoms with Crippen LogP contribution in [0.15, 0.2) is 66.7 Å². The smallest absolute Gasteiger partial charge is 0.131 e. The third-order valence-corrected chi connectivity index (χ3v) is 5.86. The van der Waals surface area contributed by atoms with Crippen LogP contribution in [0.5, 0.6) is 5.75 Å². The van der Waals surface area contributed by atoms with Crippen LogP contribution in [0.25, 0.3) is 11.1 Å². The van der Waals surface area contributed by atoms with Gasteiger partial charge in [-0.2, -0.15) is 0 Å². The molecule has 128 valence electrons.